The summed E-state index contributed by atoms with van der Waals surface area (Å²) in [4.78, 5) is 0. The summed E-state index contributed by atoms with van der Waals surface area (Å²) >= 11 is 3.30. The van der Waals surface area contributed by atoms with E-state index in [9.17, 15) is 13.2 Å². The first-order chi connectivity index (χ1) is 8.98. The van der Waals surface area contributed by atoms with Crippen molar-refractivity contribution in [2.45, 2.75) is 11.5 Å². The molecule has 0 unspecified atom stereocenters. The molecule has 0 N–H and O–H groups in total. The second-order valence-electron chi connectivity index (χ2n) is 3.60. The molecular weight excluding hydrogens is 329 g/mol. The molecule has 108 valence electrons. The first-order valence-electron chi connectivity index (χ1n) is 5.47. The third-order valence-corrected chi connectivity index (χ3v) is 2.77. The van der Waals surface area contributed by atoms with E-state index in [0.717, 1.165) is 5.56 Å². The van der Waals surface area contributed by atoms with Crippen LogP contribution in [0.1, 0.15) is 5.56 Å². The van der Waals surface area contributed by atoms with Gasteiger partial charge in [0.1, 0.15) is 13.2 Å². The number of benzene rings is 1. The Kier molecular flexibility index (Phi) is 6.44. The van der Waals surface area contributed by atoms with Gasteiger partial charge >= 0.3 is 6.18 Å². The van der Waals surface area contributed by atoms with Gasteiger partial charge in [0.05, 0.1) is 13.7 Å². The molecule has 0 aliphatic rings. The van der Waals surface area contributed by atoms with Crippen LogP contribution in [0.25, 0.3) is 0 Å². The molecule has 0 aromatic heterocycles. The van der Waals surface area contributed by atoms with Crippen molar-refractivity contribution in [2.75, 3.05) is 26.9 Å². The summed E-state index contributed by atoms with van der Waals surface area (Å²) < 4.78 is 50.6. The lowest BCUT2D eigenvalue weighted by atomic mass is 10.2. The first kappa shape index (κ1) is 16.1. The Morgan fingerprint density at radius 1 is 1.21 bits per heavy atom. The minimum atomic E-state index is -4.31. The highest BCUT2D eigenvalue weighted by molar-refractivity contribution is 9.08. The number of halogens is 4. The molecule has 19 heavy (non-hydrogen) atoms. The zero-order chi connectivity index (χ0) is 14.3. The molecule has 0 aliphatic heterocycles. The van der Waals surface area contributed by atoms with Crippen LogP contribution in [-0.2, 0) is 10.1 Å². The molecule has 0 heterocycles. The lowest BCUT2D eigenvalue weighted by Gasteiger charge is -2.14. The molecule has 1 aromatic rings. The van der Waals surface area contributed by atoms with Crippen molar-refractivity contribution < 1.29 is 27.4 Å². The SMILES string of the molecule is COc1cccc(CBr)c1OCCOCC(F)(F)F. The highest BCUT2D eigenvalue weighted by atomic mass is 79.9. The number of hydrogen-bond donors (Lipinski definition) is 0. The van der Waals surface area contributed by atoms with Crippen LogP contribution in [0.3, 0.4) is 0 Å². The average molecular weight is 343 g/mol. The van der Waals surface area contributed by atoms with Gasteiger partial charge in [-0.25, -0.2) is 0 Å². The van der Waals surface area contributed by atoms with Crippen LogP contribution in [0.4, 0.5) is 13.2 Å². The van der Waals surface area contributed by atoms with Crippen molar-refractivity contribution >= 4 is 15.9 Å². The smallest absolute Gasteiger partial charge is 0.411 e. The standard InChI is InChI=1S/C12H14BrF3O3/c1-17-10-4-2-3-9(7-13)11(10)19-6-5-18-8-12(14,15)16/h2-4H,5-8H2,1H3. The number of para-hydroxylation sites is 1. The Labute approximate surface area is 117 Å². The van der Waals surface area contributed by atoms with Crippen molar-refractivity contribution in [1.29, 1.82) is 0 Å². The fraction of sp³-hybridized carbons (Fsp3) is 0.500. The van der Waals surface area contributed by atoms with Crippen LogP contribution >= 0.6 is 15.9 Å². The molecule has 0 radical (unpaired) electrons. The van der Waals surface area contributed by atoms with Gasteiger partial charge in [-0.3, -0.25) is 0 Å². The third kappa shape index (κ3) is 5.69. The van der Waals surface area contributed by atoms with Crippen molar-refractivity contribution in [3.63, 3.8) is 0 Å². The summed E-state index contributed by atoms with van der Waals surface area (Å²) in [6, 6.07) is 5.36. The molecule has 0 fully saturated rings. The maximum Gasteiger partial charge on any atom is 0.411 e. The fourth-order valence-electron chi connectivity index (χ4n) is 1.38. The molecule has 0 saturated carbocycles. The van der Waals surface area contributed by atoms with E-state index >= 15 is 0 Å². The lowest BCUT2D eigenvalue weighted by molar-refractivity contribution is -0.175. The summed E-state index contributed by atoms with van der Waals surface area (Å²) in [5.74, 6) is 1.05. The predicted octanol–water partition coefficient (Wildman–Crippen LogP) is 3.55. The van der Waals surface area contributed by atoms with Gasteiger partial charge in [-0.15, -0.1) is 0 Å². The van der Waals surface area contributed by atoms with Gasteiger partial charge < -0.3 is 14.2 Å². The number of ether oxygens (including phenoxy) is 3. The Balaban J connectivity index is 2.48. The summed E-state index contributed by atoms with van der Waals surface area (Å²) in [5, 5.41) is 0.558. The zero-order valence-corrected chi connectivity index (χ0v) is 11.9. The Morgan fingerprint density at radius 2 is 1.95 bits per heavy atom. The maximum atomic E-state index is 11.9. The molecule has 0 atom stereocenters. The molecule has 3 nitrogen and oxygen atoms in total. The predicted molar refractivity (Wildman–Crippen MR) is 68.0 cm³/mol. The minimum Gasteiger partial charge on any atom is -0.493 e. The number of hydrogen-bond acceptors (Lipinski definition) is 3. The summed E-state index contributed by atoms with van der Waals surface area (Å²) in [6.07, 6.45) is -4.31. The normalized spacial score (nSPS) is 11.4. The minimum absolute atomic E-state index is 0.0243. The van der Waals surface area contributed by atoms with Gasteiger partial charge in [-0.05, 0) is 6.07 Å². The molecule has 1 aromatic carbocycles. The molecule has 0 saturated heterocycles. The molecule has 0 bridgehead atoms. The second-order valence-corrected chi connectivity index (χ2v) is 4.16. The summed E-state index contributed by atoms with van der Waals surface area (Å²) in [6.45, 7) is -1.39. The highest BCUT2D eigenvalue weighted by Crippen LogP contribution is 2.32. The van der Waals surface area contributed by atoms with Crippen LogP contribution in [0.2, 0.25) is 0 Å². The average Bonchev–Trinajstić information content (AvgIpc) is 2.36. The highest BCUT2D eigenvalue weighted by Gasteiger charge is 2.27. The number of rotatable bonds is 7. The van der Waals surface area contributed by atoms with Crippen molar-refractivity contribution in [2.24, 2.45) is 0 Å². The quantitative estimate of drug-likeness (QED) is 0.560. The van der Waals surface area contributed by atoms with Crippen molar-refractivity contribution in [1.82, 2.24) is 0 Å². The van der Waals surface area contributed by atoms with E-state index < -0.39 is 12.8 Å². The van der Waals surface area contributed by atoms with E-state index in [2.05, 4.69) is 20.7 Å². The Morgan fingerprint density at radius 3 is 2.53 bits per heavy atom. The van der Waals surface area contributed by atoms with E-state index in [4.69, 9.17) is 9.47 Å². The second kappa shape index (κ2) is 7.59. The molecule has 0 spiro atoms. The van der Waals surface area contributed by atoms with E-state index in [0.29, 0.717) is 16.8 Å². The number of methoxy groups -OCH3 is 1. The molecule has 0 amide bonds. The number of alkyl halides is 4. The van der Waals surface area contributed by atoms with Crippen LogP contribution in [0.15, 0.2) is 18.2 Å². The Bertz CT molecular complexity index is 374. The van der Waals surface area contributed by atoms with Crippen molar-refractivity contribution in [3.8, 4) is 11.5 Å². The van der Waals surface area contributed by atoms with E-state index in [1.54, 1.807) is 6.07 Å². The maximum absolute atomic E-state index is 11.9. The van der Waals surface area contributed by atoms with E-state index in [1.165, 1.54) is 7.11 Å². The fourth-order valence-corrected chi connectivity index (χ4v) is 1.82. The van der Waals surface area contributed by atoms with Gasteiger partial charge in [0.25, 0.3) is 0 Å². The van der Waals surface area contributed by atoms with Gasteiger partial charge in [-0.2, -0.15) is 13.2 Å². The third-order valence-electron chi connectivity index (χ3n) is 2.16. The van der Waals surface area contributed by atoms with Gasteiger partial charge in [0.2, 0.25) is 0 Å². The van der Waals surface area contributed by atoms with Gasteiger partial charge in [0, 0.05) is 10.9 Å². The molecular formula is C12H14BrF3O3. The van der Waals surface area contributed by atoms with E-state index in [1.807, 2.05) is 12.1 Å². The molecule has 1 rings (SSSR count). The zero-order valence-electron chi connectivity index (χ0n) is 10.3. The lowest BCUT2D eigenvalue weighted by Crippen LogP contribution is -2.19. The topological polar surface area (TPSA) is 27.7 Å². The van der Waals surface area contributed by atoms with Crippen LogP contribution in [0.5, 0.6) is 11.5 Å². The van der Waals surface area contributed by atoms with E-state index in [-0.39, 0.29) is 13.2 Å². The molecule has 0 aliphatic carbocycles. The van der Waals surface area contributed by atoms with Crippen LogP contribution in [0, 0.1) is 0 Å². The summed E-state index contributed by atoms with van der Waals surface area (Å²) in [7, 11) is 1.50. The summed E-state index contributed by atoms with van der Waals surface area (Å²) in [5.41, 5.74) is 0.857. The molecule has 7 heteroatoms. The van der Waals surface area contributed by atoms with Crippen LogP contribution in [-0.4, -0.2) is 33.1 Å². The Hall–Kier alpha value is -0.950. The van der Waals surface area contributed by atoms with Gasteiger partial charge in [0.15, 0.2) is 11.5 Å². The largest absolute Gasteiger partial charge is 0.493 e. The van der Waals surface area contributed by atoms with Crippen molar-refractivity contribution in [3.05, 3.63) is 23.8 Å². The monoisotopic (exact) mass is 342 g/mol. The van der Waals surface area contributed by atoms with Crippen LogP contribution < -0.4 is 9.47 Å². The first-order valence-corrected chi connectivity index (χ1v) is 6.59. The van der Waals surface area contributed by atoms with Gasteiger partial charge in [-0.1, -0.05) is 28.1 Å².